The first-order valence-corrected chi connectivity index (χ1v) is 11.6. The lowest BCUT2D eigenvalue weighted by Gasteiger charge is -2.32. The fourth-order valence-corrected chi connectivity index (χ4v) is 4.46. The number of nitrogens with zero attached hydrogens (tertiary/aromatic N) is 6. The number of ether oxygens (including phenoxy) is 1. The Morgan fingerprint density at radius 1 is 1.22 bits per heavy atom. The molecule has 5 heterocycles. The van der Waals surface area contributed by atoms with Crippen LogP contribution in [0.15, 0.2) is 36.8 Å². The summed E-state index contributed by atoms with van der Waals surface area (Å²) in [6.45, 7) is 4.16. The Bertz CT molecular complexity index is 1480. The van der Waals surface area contributed by atoms with E-state index < -0.39 is 30.1 Å². The van der Waals surface area contributed by atoms with E-state index in [2.05, 4.69) is 30.3 Å². The molecule has 36 heavy (non-hydrogen) atoms. The average Bonchev–Trinajstić information content (AvgIpc) is 3.45. The van der Waals surface area contributed by atoms with Gasteiger partial charge in [-0.1, -0.05) is 0 Å². The van der Waals surface area contributed by atoms with Gasteiger partial charge in [0.15, 0.2) is 11.5 Å². The summed E-state index contributed by atoms with van der Waals surface area (Å²) >= 11 is 0. The summed E-state index contributed by atoms with van der Waals surface area (Å²) in [6.07, 6.45) is 0.692. The molecule has 0 spiro atoms. The Hall–Kier alpha value is -3.80. The third kappa shape index (κ3) is 4.11. The molecule has 0 bridgehead atoms. The van der Waals surface area contributed by atoms with Gasteiger partial charge in [-0.25, -0.2) is 27.7 Å². The van der Waals surface area contributed by atoms with Gasteiger partial charge in [-0.15, -0.1) is 5.10 Å². The van der Waals surface area contributed by atoms with Gasteiger partial charge >= 0.3 is 0 Å². The molecule has 9 nitrogen and oxygen atoms in total. The number of fused-ring (bicyclic) bond motifs is 2. The number of anilines is 2. The zero-order chi connectivity index (χ0) is 25.0. The zero-order valence-electron chi connectivity index (χ0n) is 19.2. The van der Waals surface area contributed by atoms with Crippen LogP contribution < -0.4 is 10.2 Å². The van der Waals surface area contributed by atoms with Crippen LogP contribution in [0.1, 0.15) is 25.5 Å². The third-order valence-electron chi connectivity index (χ3n) is 6.47. The molecule has 1 saturated heterocycles. The Balaban J connectivity index is 1.40. The fraction of sp³-hybridized carbons (Fsp3) is 0.375. The quantitative estimate of drug-likeness (QED) is 0.448. The summed E-state index contributed by atoms with van der Waals surface area (Å²) in [7, 11) is 0. The molecule has 1 aliphatic heterocycles. The smallest absolute Gasteiger partial charge is 0.281 e. The molecular formula is C24H22F3N7O2. The van der Waals surface area contributed by atoms with Gasteiger partial charge in [0.2, 0.25) is 5.91 Å². The second-order valence-electron chi connectivity index (χ2n) is 9.07. The van der Waals surface area contributed by atoms with Gasteiger partial charge in [0.1, 0.15) is 17.7 Å². The van der Waals surface area contributed by atoms with Crippen LogP contribution in [0.25, 0.3) is 27.8 Å². The highest BCUT2D eigenvalue weighted by molar-refractivity contribution is 6.00. The van der Waals surface area contributed by atoms with Gasteiger partial charge in [-0.2, -0.15) is 0 Å². The van der Waals surface area contributed by atoms with Crippen LogP contribution in [0.3, 0.4) is 0 Å². The van der Waals surface area contributed by atoms with Crippen molar-refractivity contribution in [2.45, 2.75) is 32.0 Å². The van der Waals surface area contributed by atoms with Gasteiger partial charge in [-0.3, -0.25) is 9.78 Å². The topological polar surface area (TPSA) is 97.5 Å². The number of nitrogens with one attached hydrogen (secondary N) is 1. The minimum atomic E-state index is -2.82. The van der Waals surface area contributed by atoms with E-state index in [0.717, 1.165) is 18.8 Å². The van der Waals surface area contributed by atoms with E-state index in [9.17, 15) is 18.0 Å². The maximum Gasteiger partial charge on any atom is 0.281 e. The lowest BCUT2D eigenvalue weighted by atomic mass is 10.1. The minimum Gasteiger partial charge on any atom is -0.375 e. The first kappa shape index (κ1) is 22.7. The molecule has 0 radical (unpaired) electrons. The summed E-state index contributed by atoms with van der Waals surface area (Å²) in [6, 6.07) is 5.26. The number of carbonyl (C=O) groups is 1. The molecule has 1 aliphatic carbocycles. The lowest BCUT2D eigenvalue weighted by molar-refractivity contribution is -0.117. The van der Waals surface area contributed by atoms with Crippen molar-refractivity contribution in [2.24, 2.45) is 5.92 Å². The predicted molar refractivity (Wildman–Crippen MR) is 126 cm³/mol. The highest BCUT2D eigenvalue weighted by atomic mass is 19.3. The Labute approximate surface area is 203 Å². The van der Waals surface area contributed by atoms with Crippen molar-refractivity contribution >= 4 is 33.8 Å². The summed E-state index contributed by atoms with van der Waals surface area (Å²) in [5.41, 5.74) is 1.52. The van der Waals surface area contributed by atoms with E-state index in [1.807, 2.05) is 25.3 Å². The summed E-state index contributed by atoms with van der Waals surface area (Å²) < 4.78 is 47.9. The van der Waals surface area contributed by atoms with Crippen molar-refractivity contribution in [3.8, 4) is 11.4 Å². The molecule has 2 aliphatic rings. The number of hydrogen-bond donors (Lipinski definition) is 1. The first-order chi connectivity index (χ1) is 17.4. The third-order valence-corrected chi connectivity index (χ3v) is 6.47. The van der Waals surface area contributed by atoms with E-state index in [1.54, 1.807) is 4.52 Å². The second-order valence-corrected chi connectivity index (χ2v) is 9.07. The number of rotatable bonds is 5. The molecule has 6 rings (SSSR count). The van der Waals surface area contributed by atoms with Crippen molar-refractivity contribution in [1.29, 1.82) is 0 Å². The molecular weight excluding hydrogens is 475 g/mol. The monoisotopic (exact) mass is 497 g/mol. The summed E-state index contributed by atoms with van der Waals surface area (Å²) in [5.74, 6) is -0.781. The van der Waals surface area contributed by atoms with Crippen LogP contribution in [0.5, 0.6) is 0 Å². The molecule has 0 unspecified atom stereocenters. The van der Waals surface area contributed by atoms with E-state index in [4.69, 9.17) is 4.74 Å². The molecule has 1 N–H and O–H groups in total. The SMILES string of the molecule is C[C@H]1CN(c2ccc3nc(-c4cnc(C(F)F)c5cnc(NC(=O)[C@@H]6C[C@@H]6F)cc45)nn3c2)CCO1. The molecule has 2 fully saturated rings. The largest absolute Gasteiger partial charge is 0.375 e. The minimum absolute atomic E-state index is 0.116. The number of pyridine rings is 3. The predicted octanol–water partition coefficient (Wildman–Crippen LogP) is 3.80. The molecule has 186 valence electrons. The molecule has 12 heteroatoms. The lowest BCUT2D eigenvalue weighted by Crippen LogP contribution is -2.41. The Kier molecular flexibility index (Phi) is 5.47. The number of halogens is 3. The van der Waals surface area contributed by atoms with Gasteiger partial charge in [0.25, 0.3) is 6.43 Å². The highest BCUT2D eigenvalue weighted by Gasteiger charge is 2.43. The molecule has 4 aromatic heterocycles. The second kappa shape index (κ2) is 8.70. The van der Waals surface area contributed by atoms with Crippen molar-refractivity contribution < 1.29 is 22.7 Å². The van der Waals surface area contributed by atoms with Gasteiger partial charge in [0.05, 0.1) is 30.5 Å². The van der Waals surface area contributed by atoms with Gasteiger partial charge in [0, 0.05) is 41.8 Å². The maximum absolute atomic E-state index is 13.7. The van der Waals surface area contributed by atoms with Gasteiger partial charge < -0.3 is 15.0 Å². The Morgan fingerprint density at radius 3 is 2.81 bits per heavy atom. The van der Waals surface area contributed by atoms with Crippen LogP contribution in [0, 0.1) is 5.92 Å². The molecule has 4 aromatic rings. The summed E-state index contributed by atoms with van der Waals surface area (Å²) in [5, 5.41) is 7.63. The van der Waals surface area contributed by atoms with Crippen molar-refractivity contribution in [3.05, 3.63) is 42.5 Å². The van der Waals surface area contributed by atoms with Crippen molar-refractivity contribution in [3.63, 3.8) is 0 Å². The number of hydrogen-bond acceptors (Lipinski definition) is 7. The van der Waals surface area contributed by atoms with E-state index in [1.165, 1.54) is 18.5 Å². The number of carbonyl (C=O) groups excluding carboxylic acids is 1. The summed E-state index contributed by atoms with van der Waals surface area (Å²) in [4.78, 5) is 27.0. The maximum atomic E-state index is 13.7. The van der Waals surface area contributed by atoms with Crippen LogP contribution in [0.4, 0.5) is 24.7 Å². The molecule has 3 atom stereocenters. The first-order valence-electron chi connectivity index (χ1n) is 11.6. The van der Waals surface area contributed by atoms with Crippen LogP contribution in [-0.2, 0) is 9.53 Å². The van der Waals surface area contributed by atoms with E-state index in [0.29, 0.717) is 23.2 Å². The fourth-order valence-electron chi connectivity index (χ4n) is 4.46. The van der Waals surface area contributed by atoms with Crippen molar-refractivity contribution in [2.75, 3.05) is 29.9 Å². The molecule has 0 aromatic carbocycles. The van der Waals surface area contributed by atoms with Crippen molar-refractivity contribution in [1.82, 2.24) is 24.6 Å². The molecule has 1 saturated carbocycles. The number of amides is 1. The van der Waals surface area contributed by atoms with E-state index in [-0.39, 0.29) is 29.6 Å². The van der Waals surface area contributed by atoms with Crippen LogP contribution >= 0.6 is 0 Å². The number of morpholine rings is 1. The van der Waals surface area contributed by atoms with Crippen LogP contribution in [-0.4, -0.2) is 62.4 Å². The average molecular weight is 497 g/mol. The Morgan fingerprint density at radius 2 is 2.06 bits per heavy atom. The van der Waals surface area contributed by atoms with Gasteiger partial charge in [-0.05, 0) is 31.5 Å². The highest BCUT2D eigenvalue weighted by Crippen LogP contribution is 2.36. The number of alkyl halides is 3. The van der Waals surface area contributed by atoms with E-state index >= 15 is 0 Å². The normalized spacial score (nSPS) is 21.9. The standard InChI is InChI=1S/C24H22F3N7O2/c1-12-10-33(4-5-36-12)13-2-3-20-31-23(32-34(20)11-13)17-9-29-21(22(26)27)16-8-28-19(7-14(16)17)30-24(35)15-6-18(15)25/h2-3,7-9,11-12,15,18,22H,4-6,10H2,1H3,(H,28,30,35)/t12-,15+,18-/m0/s1. The molecule has 1 amide bonds. The number of aromatic nitrogens is 5. The zero-order valence-corrected chi connectivity index (χ0v) is 19.2. The van der Waals surface area contributed by atoms with Crippen LogP contribution in [0.2, 0.25) is 0 Å².